The number of fused-ring (bicyclic) bond motifs is 2. The number of hydrogen-bond donors (Lipinski definition) is 2. The maximum Gasteiger partial charge on any atom is 0.262 e. The van der Waals surface area contributed by atoms with Crippen LogP contribution < -0.4 is 25.3 Å². The molecular formula is C39H40N8O5. The molecule has 8 rings (SSSR count). The molecular weight excluding hydrogens is 660 g/mol. The van der Waals surface area contributed by atoms with Crippen LogP contribution in [-0.4, -0.2) is 88.7 Å². The molecule has 13 nitrogen and oxygen atoms in total. The summed E-state index contributed by atoms with van der Waals surface area (Å²) in [6.45, 7) is 4.55. The van der Waals surface area contributed by atoms with E-state index in [1.807, 2.05) is 53.6 Å². The second-order valence-corrected chi connectivity index (χ2v) is 14.0. The monoisotopic (exact) mass is 700 g/mol. The summed E-state index contributed by atoms with van der Waals surface area (Å²) >= 11 is 0. The van der Waals surface area contributed by atoms with Crippen molar-refractivity contribution in [3.63, 3.8) is 0 Å². The molecule has 266 valence electrons. The predicted molar refractivity (Wildman–Crippen MR) is 196 cm³/mol. The number of hydrogen-bond acceptors (Lipinski definition) is 10. The first kappa shape index (κ1) is 33.3. The van der Waals surface area contributed by atoms with E-state index in [0.29, 0.717) is 19.0 Å². The smallest absolute Gasteiger partial charge is 0.262 e. The lowest BCUT2D eigenvalue weighted by Crippen LogP contribution is -2.54. The number of carbonyl (C=O) groups is 5. The maximum absolute atomic E-state index is 13.3. The number of amides is 5. The topological polar surface area (TPSA) is 148 Å². The van der Waals surface area contributed by atoms with Gasteiger partial charge in [-0.1, -0.05) is 18.2 Å². The summed E-state index contributed by atoms with van der Waals surface area (Å²) in [4.78, 5) is 80.0. The van der Waals surface area contributed by atoms with Crippen LogP contribution in [0.2, 0.25) is 0 Å². The number of piperidine rings is 1. The average Bonchev–Trinajstić information content (AvgIpc) is 3.40. The lowest BCUT2D eigenvalue weighted by atomic mass is 9.89. The molecule has 0 radical (unpaired) electrons. The molecule has 13 heteroatoms. The van der Waals surface area contributed by atoms with Gasteiger partial charge in [0.05, 0.1) is 16.6 Å². The van der Waals surface area contributed by atoms with E-state index in [4.69, 9.17) is 0 Å². The van der Waals surface area contributed by atoms with Gasteiger partial charge in [0.2, 0.25) is 23.7 Å². The zero-order valence-electron chi connectivity index (χ0n) is 29.0. The third-order valence-corrected chi connectivity index (χ3v) is 10.8. The Balaban J connectivity index is 0.866. The van der Waals surface area contributed by atoms with Gasteiger partial charge < -0.3 is 20.0 Å². The van der Waals surface area contributed by atoms with Crippen molar-refractivity contribution in [1.29, 1.82) is 0 Å². The van der Waals surface area contributed by atoms with E-state index in [2.05, 4.69) is 42.5 Å². The first-order valence-corrected chi connectivity index (χ1v) is 18.0. The third-order valence-electron chi connectivity index (χ3n) is 10.8. The second-order valence-electron chi connectivity index (χ2n) is 14.0. The number of anilines is 4. The normalized spacial score (nSPS) is 22.0. The minimum absolute atomic E-state index is 0.0328. The van der Waals surface area contributed by atoms with Gasteiger partial charge >= 0.3 is 0 Å². The number of para-hydroxylation sites is 1. The van der Waals surface area contributed by atoms with Crippen LogP contribution >= 0.6 is 0 Å². The molecule has 52 heavy (non-hydrogen) atoms. The number of aromatic nitrogens is 2. The number of piperazine rings is 1. The number of nitrogens with one attached hydrogen (secondary N) is 2. The van der Waals surface area contributed by atoms with Gasteiger partial charge in [-0.3, -0.25) is 34.2 Å². The second kappa shape index (κ2) is 13.7. The molecule has 5 amide bonds. The molecule has 4 aromatic rings. The van der Waals surface area contributed by atoms with Gasteiger partial charge in [-0.25, -0.2) is 9.97 Å². The fraction of sp³-hybridized carbons (Fsp3) is 0.359. The molecule has 3 fully saturated rings. The van der Waals surface area contributed by atoms with Crippen molar-refractivity contribution in [2.75, 3.05) is 46.2 Å². The van der Waals surface area contributed by atoms with E-state index >= 15 is 0 Å². The van der Waals surface area contributed by atoms with E-state index in [1.54, 1.807) is 19.1 Å². The predicted octanol–water partition coefficient (Wildman–Crippen LogP) is 4.13. The minimum Gasteiger partial charge on any atom is -0.368 e. The number of benzene rings is 3. The Morgan fingerprint density at radius 1 is 0.808 bits per heavy atom. The summed E-state index contributed by atoms with van der Waals surface area (Å²) in [5.74, 6) is -1.35. The lowest BCUT2D eigenvalue weighted by molar-refractivity contribution is -0.136. The summed E-state index contributed by atoms with van der Waals surface area (Å²) < 4.78 is 0. The molecule has 1 aromatic heterocycles. The van der Waals surface area contributed by atoms with E-state index < -0.39 is 29.7 Å². The van der Waals surface area contributed by atoms with Gasteiger partial charge in [-0.15, -0.1) is 0 Å². The molecule has 2 saturated heterocycles. The zero-order chi connectivity index (χ0) is 35.9. The SMILES string of the molecule is CC(=O)N(c1ccc(N2CCN(c3ccc4c(c3)C(=O)N(C3CCC(=O)NC3=O)C4=O)CC2)cc1)C1CCC(Nc2ncc3ccccc3n2)CC1. The van der Waals surface area contributed by atoms with Crippen LogP contribution in [-0.2, 0) is 14.4 Å². The Morgan fingerprint density at radius 3 is 2.19 bits per heavy atom. The number of nitrogens with zero attached hydrogens (tertiary/aromatic N) is 6. The van der Waals surface area contributed by atoms with Crippen molar-refractivity contribution in [1.82, 2.24) is 20.2 Å². The molecule has 2 N–H and O–H groups in total. The molecule has 3 aromatic carbocycles. The highest BCUT2D eigenvalue weighted by Crippen LogP contribution is 2.33. The Bertz CT molecular complexity index is 2070. The van der Waals surface area contributed by atoms with Crippen LogP contribution in [0, 0.1) is 0 Å². The third kappa shape index (κ3) is 6.31. The van der Waals surface area contributed by atoms with E-state index in [9.17, 15) is 24.0 Å². The van der Waals surface area contributed by atoms with Crippen molar-refractivity contribution >= 4 is 63.4 Å². The van der Waals surface area contributed by atoms with Crippen molar-refractivity contribution in [3.8, 4) is 0 Å². The summed E-state index contributed by atoms with van der Waals surface area (Å²) in [7, 11) is 0. The van der Waals surface area contributed by atoms with Gasteiger partial charge in [0.25, 0.3) is 11.8 Å². The first-order chi connectivity index (χ1) is 25.2. The fourth-order valence-electron chi connectivity index (χ4n) is 8.05. The van der Waals surface area contributed by atoms with E-state index in [-0.39, 0.29) is 42.0 Å². The Labute approximate surface area is 301 Å². The summed E-state index contributed by atoms with van der Waals surface area (Å²) in [6, 6.07) is 20.8. The van der Waals surface area contributed by atoms with Gasteiger partial charge in [0, 0.05) is 80.3 Å². The van der Waals surface area contributed by atoms with Gasteiger partial charge in [-0.2, -0.15) is 0 Å². The molecule has 1 unspecified atom stereocenters. The van der Waals surface area contributed by atoms with Crippen molar-refractivity contribution in [2.24, 2.45) is 0 Å². The number of carbonyl (C=O) groups excluding carboxylic acids is 5. The Hall–Kier alpha value is -5.85. The van der Waals surface area contributed by atoms with Gasteiger partial charge in [0.15, 0.2) is 0 Å². The molecule has 3 aliphatic heterocycles. The van der Waals surface area contributed by atoms with Crippen LogP contribution in [0.3, 0.4) is 0 Å². The molecule has 0 bridgehead atoms. The summed E-state index contributed by atoms with van der Waals surface area (Å²) in [5.41, 5.74) is 4.28. The van der Waals surface area contributed by atoms with Crippen LogP contribution in [0.25, 0.3) is 10.9 Å². The largest absolute Gasteiger partial charge is 0.368 e. The van der Waals surface area contributed by atoms with Gasteiger partial charge in [0.1, 0.15) is 6.04 Å². The molecule has 4 heterocycles. The Kier molecular flexibility index (Phi) is 8.77. The minimum atomic E-state index is -0.986. The first-order valence-electron chi connectivity index (χ1n) is 18.0. The van der Waals surface area contributed by atoms with Crippen LogP contribution in [0.4, 0.5) is 23.0 Å². The lowest BCUT2D eigenvalue weighted by Gasteiger charge is -2.38. The quantitative estimate of drug-likeness (QED) is 0.270. The Morgan fingerprint density at radius 2 is 1.48 bits per heavy atom. The fourth-order valence-corrected chi connectivity index (χ4v) is 8.05. The van der Waals surface area contributed by atoms with Crippen LogP contribution in [0.5, 0.6) is 0 Å². The van der Waals surface area contributed by atoms with Crippen molar-refractivity contribution < 1.29 is 24.0 Å². The molecule has 1 saturated carbocycles. The summed E-state index contributed by atoms with van der Waals surface area (Å²) in [6.07, 6.45) is 5.65. The average molecular weight is 701 g/mol. The van der Waals surface area contributed by atoms with E-state index in [0.717, 1.165) is 71.6 Å². The maximum atomic E-state index is 13.3. The standard InChI is InChI=1S/C39H40N8O5/c1-24(48)46(28-8-6-26(7-9-28)41-39-40-23-25-4-2-3-5-33(25)42-39)29-12-10-27(11-13-29)44-18-20-45(21-19-44)30-14-15-31-32(22-30)38(52)47(37(31)51)34-16-17-35(49)43-36(34)50/h2-5,10-15,22-23,26,28,34H,6-9,16-21H2,1H3,(H,40,41,42)(H,43,49,50). The van der Waals surface area contributed by atoms with Gasteiger partial charge in [-0.05, 0) is 80.6 Å². The molecule has 1 aliphatic carbocycles. The van der Waals surface area contributed by atoms with Crippen LogP contribution in [0.1, 0.15) is 66.2 Å². The van der Waals surface area contributed by atoms with Crippen molar-refractivity contribution in [2.45, 2.75) is 63.6 Å². The number of rotatable bonds is 7. The molecule has 1 atom stereocenters. The van der Waals surface area contributed by atoms with E-state index in [1.165, 1.54) is 0 Å². The van der Waals surface area contributed by atoms with Crippen LogP contribution in [0.15, 0.2) is 72.9 Å². The molecule has 0 spiro atoms. The highest BCUT2D eigenvalue weighted by atomic mass is 16.2. The summed E-state index contributed by atoms with van der Waals surface area (Å²) in [5, 5.41) is 6.75. The highest BCUT2D eigenvalue weighted by Gasteiger charge is 2.45. The number of imide groups is 2. The van der Waals surface area contributed by atoms with Crippen molar-refractivity contribution in [3.05, 3.63) is 84.1 Å². The zero-order valence-corrected chi connectivity index (χ0v) is 29.0. The highest BCUT2D eigenvalue weighted by molar-refractivity contribution is 6.23. The molecule has 4 aliphatic rings.